The number of nitrogens with zero attached hydrogens (tertiary/aromatic N) is 2. The molecule has 0 bridgehead atoms. The van der Waals surface area contributed by atoms with Crippen LogP contribution in [0, 0.1) is 13.8 Å². The standard InChI is InChI=1S/C22H27N3O5/c1-14-11-16(12-15(2)20(14)23)30-13-19(27)24-7-9-25(10-8-24)22(28)17-5-4-6-18(26)21(17)29-3/h4-6,11-12,26H,7-10,13,23H2,1-3H3. The van der Waals surface area contributed by atoms with Gasteiger partial charge in [-0.2, -0.15) is 0 Å². The summed E-state index contributed by atoms with van der Waals surface area (Å²) in [6.45, 7) is 5.33. The Hall–Kier alpha value is -3.42. The molecular weight excluding hydrogens is 386 g/mol. The van der Waals surface area contributed by atoms with Crippen LogP contribution in [0.15, 0.2) is 30.3 Å². The van der Waals surface area contributed by atoms with Crippen molar-refractivity contribution in [1.82, 2.24) is 9.80 Å². The Morgan fingerprint density at radius 1 is 1.07 bits per heavy atom. The number of methoxy groups -OCH3 is 1. The molecule has 2 amide bonds. The number of carbonyl (C=O) groups is 2. The van der Waals surface area contributed by atoms with Crippen LogP contribution < -0.4 is 15.2 Å². The minimum absolute atomic E-state index is 0.0723. The molecule has 0 atom stereocenters. The summed E-state index contributed by atoms with van der Waals surface area (Å²) in [6.07, 6.45) is 0. The average molecular weight is 413 g/mol. The highest BCUT2D eigenvalue weighted by atomic mass is 16.5. The Balaban J connectivity index is 1.56. The number of phenolic OH excluding ortho intramolecular Hbond substituents is 1. The van der Waals surface area contributed by atoms with Crippen LogP contribution in [0.2, 0.25) is 0 Å². The summed E-state index contributed by atoms with van der Waals surface area (Å²) in [5.41, 5.74) is 8.78. The van der Waals surface area contributed by atoms with E-state index in [2.05, 4.69) is 0 Å². The van der Waals surface area contributed by atoms with Crippen LogP contribution in [0.3, 0.4) is 0 Å². The summed E-state index contributed by atoms with van der Waals surface area (Å²) in [7, 11) is 1.41. The molecule has 0 unspecified atom stereocenters. The first-order chi connectivity index (χ1) is 14.3. The molecule has 2 aromatic rings. The van der Waals surface area contributed by atoms with E-state index >= 15 is 0 Å². The first kappa shape index (κ1) is 21.3. The van der Waals surface area contributed by atoms with Crippen LogP contribution in [0.1, 0.15) is 21.5 Å². The number of hydrogen-bond donors (Lipinski definition) is 2. The Labute approximate surface area is 175 Å². The number of hydrogen-bond acceptors (Lipinski definition) is 6. The molecule has 0 aromatic heterocycles. The molecule has 1 heterocycles. The van der Waals surface area contributed by atoms with Gasteiger partial charge in [-0.05, 0) is 49.2 Å². The predicted octanol–water partition coefficient (Wildman–Crippen LogP) is 1.96. The topological polar surface area (TPSA) is 105 Å². The maximum absolute atomic E-state index is 12.8. The van der Waals surface area contributed by atoms with Crippen molar-refractivity contribution < 1.29 is 24.2 Å². The van der Waals surface area contributed by atoms with Crippen molar-refractivity contribution in [2.45, 2.75) is 13.8 Å². The smallest absolute Gasteiger partial charge is 0.260 e. The first-order valence-corrected chi connectivity index (χ1v) is 9.74. The molecule has 3 N–H and O–H groups in total. The van der Waals surface area contributed by atoms with Gasteiger partial charge in [0.05, 0.1) is 12.7 Å². The molecule has 8 nitrogen and oxygen atoms in total. The number of piperazine rings is 1. The van der Waals surface area contributed by atoms with E-state index < -0.39 is 0 Å². The van der Waals surface area contributed by atoms with Gasteiger partial charge in [0.25, 0.3) is 11.8 Å². The van der Waals surface area contributed by atoms with Crippen LogP contribution >= 0.6 is 0 Å². The highest BCUT2D eigenvalue weighted by Gasteiger charge is 2.27. The van der Waals surface area contributed by atoms with E-state index in [0.717, 1.165) is 16.8 Å². The molecule has 1 aliphatic heterocycles. The van der Waals surface area contributed by atoms with E-state index in [1.165, 1.54) is 13.2 Å². The van der Waals surface area contributed by atoms with Crippen molar-refractivity contribution in [2.75, 3.05) is 45.6 Å². The summed E-state index contributed by atoms with van der Waals surface area (Å²) in [5.74, 6) is 0.311. The van der Waals surface area contributed by atoms with E-state index in [-0.39, 0.29) is 29.9 Å². The average Bonchev–Trinajstić information content (AvgIpc) is 2.75. The predicted molar refractivity (Wildman–Crippen MR) is 113 cm³/mol. The Morgan fingerprint density at radius 3 is 2.27 bits per heavy atom. The fourth-order valence-electron chi connectivity index (χ4n) is 3.49. The van der Waals surface area contributed by atoms with Gasteiger partial charge in [-0.3, -0.25) is 9.59 Å². The lowest BCUT2D eigenvalue weighted by Crippen LogP contribution is -2.51. The van der Waals surface area contributed by atoms with Crippen LogP contribution in [-0.2, 0) is 4.79 Å². The molecule has 2 aromatic carbocycles. The highest BCUT2D eigenvalue weighted by Crippen LogP contribution is 2.30. The normalized spacial score (nSPS) is 13.8. The van der Waals surface area contributed by atoms with Gasteiger partial charge in [0.1, 0.15) is 5.75 Å². The second-order valence-corrected chi connectivity index (χ2v) is 7.29. The largest absolute Gasteiger partial charge is 0.504 e. The summed E-state index contributed by atoms with van der Waals surface area (Å²) < 4.78 is 10.8. The first-order valence-electron chi connectivity index (χ1n) is 9.74. The molecule has 8 heteroatoms. The third-order valence-corrected chi connectivity index (χ3v) is 5.28. The van der Waals surface area contributed by atoms with Crippen LogP contribution in [0.5, 0.6) is 17.2 Å². The number of aromatic hydroxyl groups is 1. The monoisotopic (exact) mass is 413 g/mol. The molecule has 0 radical (unpaired) electrons. The van der Waals surface area contributed by atoms with Gasteiger partial charge in [-0.25, -0.2) is 0 Å². The number of benzene rings is 2. The maximum atomic E-state index is 12.8. The molecule has 1 saturated heterocycles. The zero-order valence-electron chi connectivity index (χ0n) is 17.5. The highest BCUT2D eigenvalue weighted by molar-refractivity contribution is 5.98. The number of carbonyl (C=O) groups excluding carboxylic acids is 2. The summed E-state index contributed by atoms with van der Waals surface area (Å²) in [6, 6.07) is 8.31. The maximum Gasteiger partial charge on any atom is 0.260 e. The molecule has 0 aliphatic carbocycles. The van der Waals surface area contributed by atoms with Crippen molar-refractivity contribution in [3.63, 3.8) is 0 Å². The zero-order chi connectivity index (χ0) is 21.8. The van der Waals surface area contributed by atoms with Crippen molar-refractivity contribution >= 4 is 17.5 Å². The quantitative estimate of drug-likeness (QED) is 0.726. The van der Waals surface area contributed by atoms with Gasteiger partial charge >= 0.3 is 0 Å². The lowest BCUT2D eigenvalue weighted by Gasteiger charge is -2.35. The molecule has 0 spiro atoms. The third kappa shape index (κ3) is 4.42. The van der Waals surface area contributed by atoms with Crippen molar-refractivity contribution in [3.05, 3.63) is 47.0 Å². The molecule has 160 valence electrons. The van der Waals surface area contributed by atoms with Crippen LogP contribution in [-0.4, -0.2) is 66.6 Å². The summed E-state index contributed by atoms with van der Waals surface area (Å²) >= 11 is 0. The number of para-hydroxylation sites is 1. The molecule has 1 fully saturated rings. The second kappa shape index (κ2) is 8.94. The lowest BCUT2D eigenvalue weighted by atomic mass is 10.1. The van der Waals surface area contributed by atoms with E-state index in [1.807, 2.05) is 26.0 Å². The summed E-state index contributed by atoms with van der Waals surface area (Å²) in [5, 5.41) is 9.89. The molecule has 1 aliphatic rings. The van der Waals surface area contributed by atoms with Crippen molar-refractivity contribution in [1.29, 1.82) is 0 Å². The third-order valence-electron chi connectivity index (χ3n) is 5.28. The number of anilines is 1. The minimum Gasteiger partial charge on any atom is -0.504 e. The fraction of sp³-hybridized carbons (Fsp3) is 0.364. The molecule has 30 heavy (non-hydrogen) atoms. The number of phenols is 1. The van der Waals surface area contributed by atoms with Crippen LogP contribution in [0.25, 0.3) is 0 Å². The fourth-order valence-corrected chi connectivity index (χ4v) is 3.49. The van der Waals surface area contributed by atoms with E-state index in [1.54, 1.807) is 21.9 Å². The second-order valence-electron chi connectivity index (χ2n) is 7.29. The number of aryl methyl sites for hydroxylation is 2. The van der Waals surface area contributed by atoms with E-state index in [0.29, 0.717) is 37.5 Å². The van der Waals surface area contributed by atoms with Gasteiger partial charge in [-0.15, -0.1) is 0 Å². The minimum atomic E-state index is -0.237. The number of nitrogen functional groups attached to an aromatic ring is 1. The number of nitrogens with two attached hydrogens (primary N) is 1. The number of amides is 2. The molecule has 3 rings (SSSR count). The van der Waals surface area contributed by atoms with E-state index in [9.17, 15) is 14.7 Å². The van der Waals surface area contributed by atoms with E-state index in [4.69, 9.17) is 15.2 Å². The van der Waals surface area contributed by atoms with Crippen molar-refractivity contribution in [3.8, 4) is 17.2 Å². The number of ether oxygens (including phenoxy) is 2. The van der Waals surface area contributed by atoms with Gasteiger partial charge in [0.15, 0.2) is 18.1 Å². The Kier molecular flexibility index (Phi) is 6.34. The Morgan fingerprint density at radius 2 is 1.67 bits per heavy atom. The number of rotatable bonds is 5. The van der Waals surface area contributed by atoms with Gasteiger partial charge in [-0.1, -0.05) is 6.07 Å². The lowest BCUT2D eigenvalue weighted by molar-refractivity contribution is -0.134. The summed E-state index contributed by atoms with van der Waals surface area (Å²) in [4.78, 5) is 28.7. The Bertz CT molecular complexity index is 929. The SMILES string of the molecule is COc1c(O)cccc1C(=O)N1CCN(C(=O)COc2cc(C)c(N)c(C)c2)CC1. The van der Waals surface area contributed by atoms with Crippen LogP contribution in [0.4, 0.5) is 5.69 Å². The van der Waals surface area contributed by atoms with Gasteiger partial charge < -0.3 is 30.1 Å². The molecular formula is C22H27N3O5. The molecule has 0 saturated carbocycles. The zero-order valence-corrected chi connectivity index (χ0v) is 17.5. The van der Waals surface area contributed by atoms with Gasteiger partial charge in [0.2, 0.25) is 0 Å². The van der Waals surface area contributed by atoms with Gasteiger partial charge in [0, 0.05) is 31.9 Å². The van der Waals surface area contributed by atoms with Crippen molar-refractivity contribution in [2.24, 2.45) is 0 Å².